The maximum Gasteiger partial charge on any atom is 0.339 e. The Hall–Kier alpha value is -3.25. The van der Waals surface area contributed by atoms with Crippen LogP contribution in [0.5, 0.6) is 0 Å². The van der Waals surface area contributed by atoms with E-state index in [1.54, 1.807) is 60.7 Å². The van der Waals surface area contributed by atoms with Crippen LogP contribution in [0.1, 0.15) is 32.4 Å². The molecular weight excluding hydrogens is 376 g/mol. The molecule has 0 aliphatic heterocycles. The van der Waals surface area contributed by atoms with Crippen molar-refractivity contribution in [3.05, 3.63) is 102 Å². The minimum Gasteiger partial charge on any atom is -0.445 e. The standard InChI is InChI=1S/C22H18O5S/c1-28(25,26)19-14-12-18(13-15-19)22(24)27-21(17-10-6-3-7-11-17)20(23)16-8-4-2-5-9-16/h2-15,21H,1H3/t21-/m0/s1. The third-order valence-corrected chi connectivity index (χ3v) is 5.27. The lowest BCUT2D eigenvalue weighted by Crippen LogP contribution is -2.20. The van der Waals surface area contributed by atoms with Gasteiger partial charge in [-0.15, -0.1) is 0 Å². The molecule has 0 saturated carbocycles. The average Bonchev–Trinajstić information content (AvgIpc) is 2.72. The zero-order valence-electron chi connectivity index (χ0n) is 15.1. The molecule has 0 N–H and O–H groups in total. The maximum atomic E-state index is 12.9. The lowest BCUT2D eigenvalue weighted by molar-refractivity contribution is 0.0280. The zero-order chi connectivity index (χ0) is 20.1. The van der Waals surface area contributed by atoms with Crippen LogP contribution in [0.3, 0.4) is 0 Å². The van der Waals surface area contributed by atoms with E-state index < -0.39 is 21.9 Å². The summed E-state index contributed by atoms with van der Waals surface area (Å²) in [5, 5.41) is 0. The summed E-state index contributed by atoms with van der Waals surface area (Å²) in [7, 11) is -3.37. The number of ketones is 1. The van der Waals surface area contributed by atoms with Crippen LogP contribution in [-0.4, -0.2) is 26.4 Å². The molecule has 3 rings (SSSR count). The van der Waals surface area contributed by atoms with Crippen molar-refractivity contribution in [2.75, 3.05) is 6.26 Å². The Morgan fingerprint density at radius 1 is 0.750 bits per heavy atom. The Morgan fingerprint density at radius 2 is 1.29 bits per heavy atom. The maximum absolute atomic E-state index is 12.9. The fourth-order valence-corrected chi connectivity index (χ4v) is 3.30. The van der Waals surface area contributed by atoms with Crippen LogP contribution in [0, 0.1) is 0 Å². The van der Waals surface area contributed by atoms with Crippen LogP contribution in [0.4, 0.5) is 0 Å². The molecule has 0 aliphatic carbocycles. The molecule has 0 fully saturated rings. The van der Waals surface area contributed by atoms with Crippen molar-refractivity contribution in [3.8, 4) is 0 Å². The molecule has 6 heteroatoms. The van der Waals surface area contributed by atoms with Crippen LogP contribution in [0.25, 0.3) is 0 Å². The molecule has 5 nitrogen and oxygen atoms in total. The fraction of sp³-hybridized carbons (Fsp3) is 0.0909. The van der Waals surface area contributed by atoms with Gasteiger partial charge in [0.1, 0.15) is 0 Å². The van der Waals surface area contributed by atoms with Crippen molar-refractivity contribution >= 4 is 21.6 Å². The van der Waals surface area contributed by atoms with Gasteiger partial charge in [0.2, 0.25) is 5.78 Å². The predicted molar refractivity (Wildman–Crippen MR) is 105 cm³/mol. The van der Waals surface area contributed by atoms with Gasteiger partial charge in [0.05, 0.1) is 10.5 Å². The van der Waals surface area contributed by atoms with Gasteiger partial charge >= 0.3 is 5.97 Å². The van der Waals surface area contributed by atoms with E-state index in [4.69, 9.17) is 4.74 Å². The van der Waals surface area contributed by atoms with Gasteiger partial charge in [-0.25, -0.2) is 13.2 Å². The van der Waals surface area contributed by atoms with E-state index in [0.29, 0.717) is 11.1 Å². The molecule has 0 bridgehead atoms. The van der Waals surface area contributed by atoms with E-state index in [9.17, 15) is 18.0 Å². The Labute approximate surface area is 163 Å². The highest BCUT2D eigenvalue weighted by molar-refractivity contribution is 7.90. The monoisotopic (exact) mass is 394 g/mol. The van der Waals surface area contributed by atoms with E-state index in [1.807, 2.05) is 0 Å². The summed E-state index contributed by atoms with van der Waals surface area (Å²) < 4.78 is 28.7. The number of sulfone groups is 1. The first-order valence-corrected chi connectivity index (χ1v) is 10.4. The molecule has 142 valence electrons. The van der Waals surface area contributed by atoms with E-state index in [1.165, 1.54) is 24.3 Å². The summed E-state index contributed by atoms with van der Waals surface area (Å²) in [6, 6.07) is 22.7. The summed E-state index contributed by atoms with van der Waals surface area (Å²) in [5.74, 6) is -1.05. The fourth-order valence-electron chi connectivity index (χ4n) is 2.67. The third-order valence-electron chi connectivity index (χ3n) is 4.14. The number of rotatable bonds is 6. The smallest absolute Gasteiger partial charge is 0.339 e. The number of ether oxygens (including phenoxy) is 1. The van der Waals surface area contributed by atoms with Gasteiger partial charge in [-0.3, -0.25) is 4.79 Å². The second-order valence-corrected chi connectivity index (χ2v) is 8.24. The second-order valence-electron chi connectivity index (χ2n) is 6.22. The van der Waals surface area contributed by atoms with E-state index in [-0.39, 0.29) is 16.2 Å². The molecular formula is C22H18O5S. The topological polar surface area (TPSA) is 77.5 Å². The molecule has 0 spiro atoms. The van der Waals surface area contributed by atoms with Crippen LogP contribution < -0.4 is 0 Å². The van der Waals surface area contributed by atoms with Gasteiger partial charge < -0.3 is 4.74 Å². The summed E-state index contributed by atoms with van der Waals surface area (Å²) in [4.78, 5) is 25.6. The van der Waals surface area contributed by atoms with E-state index in [0.717, 1.165) is 6.26 Å². The van der Waals surface area contributed by atoms with Crippen molar-refractivity contribution in [2.45, 2.75) is 11.0 Å². The average molecular weight is 394 g/mol. The number of esters is 1. The van der Waals surface area contributed by atoms with Gasteiger partial charge in [0.25, 0.3) is 0 Å². The van der Waals surface area contributed by atoms with Gasteiger partial charge in [0.15, 0.2) is 15.9 Å². The lowest BCUT2D eigenvalue weighted by atomic mass is 10.00. The van der Waals surface area contributed by atoms with Gasteiger partial charge in [0, 0.05) is 17.4 Å². The molecule has 0 saturated heterocycles. The van der Waals surface area contributed by atoms with E-state index >= 15 is 0 Å². The third kappa shape index (κ3) is 4.53. The first-order valence-electron chi connectivity index (χ1n) is 8.51. The number of carbonyl (C=O) groups is 2. The minimum absolute atomic E-state index is 0.101. The van der Waals surface area contributed by atoms with E-state index in [2.05, 4.69) is 0 Å². The Morgan fingerprint density at radius 3 is 1.82 bits per heavy atom. The van der Waals surface area contributed by atoms with Crippen LogP contribution in [0.2, 0.25) is 0 Å². The summed E-state index contributed by atoms with van der Waals surface area (Å²) >= 11 is 0. The Balaban J connectivity index is 1.89. The number of hydrogen-bond acceptors (Lipinski definition) is 5. The molecule has 3 aromatic carbocycles. The first-order chi connectivity index (χ1) is 13.4. The van der Waals surface area contributed by atoms with Crippen molar-refractivity contribution in [3.63, 3.8) is 0 Å². The van der Waals surface area contributed by atoms with Crippen LogP contribution in [-0.2, 0) is 14.6 Å². The van der Waals surface area contributed by atoms with Gasteiger partial charge in [-0.1, -0.05) is 60.7 Å². The number of benzene rings is 3. The predicted octanol–water partition coefficient (Wildman–Crippen LogP) is 3.87. The molecule has 0 aliphatic rings. The van der Waals surface area contributed by atoms with Crippen LogP contribution >= 0.6 is 0 Å². The van der Waals surface area contributed by atoms with Crippen molar-refractivity contribution in [2.24, 2.45) is 0 Å². The highest BCUT2D eigenvalue weighted by Gasteiger charge is 2.26. The minimum atomic E-state index is -3.37. The second kappa shape index (κ2) is 8.19. The molecule has 28 heavy (non-hydrogen) atoms. The number of hydrogen-bond donors (Lipinski definition) is 0. The molecule has 0 aromatic heterocycles. The van der Waals surface area contributed by atoms with Crippen LogP contribution in [0.15, 0.2) is 89.8 Å². The first kappa shape index (κ1) is 19.5. The lowest BCUT2D eigenvalue weighted by Gasteiger charge is -2.17. The molecule has 0 amide bonds. The molecule has 0 unspecified atom stereocenters. The number of carbonyl (C=O) groups excluding carboxylic acids is 2. The quantitative estimate of drug-likeness (QED) is 0.468. The normalized spacial score (nSPS) is 12.2. The highest BCUT2D eigenvalue weighted by Crippen LogP contribution is 2.24. The number of Topliss-reactive ketones (excluding diaryl/α,β-unsaturated/α-hetero) is 1. The SMILES string of the molecule is CS(=O)(=O)c1ccc(C(=O)O[C@H](C(=O)c2ccccc2)c2ccccc2)cc1. The Kier molecular flexibility index (Phi) is 5.70. The van der Waals surface area contributed by atoms with Gasteiger partial charge in [-0.2, -0.15) is 0 Å². The Bertz CT molecular complexity index is 1070. The molecule has 1 atom stereocenters. The summed E-state index contributed by atoms with van der Waals surface area (Å²) in [6.45, 7) is 0. The van der Waals surface area contributed by atoms with Crippen molar-refractivity contribution in [1.29, 1.82) is 0 Å². The molecule has 3 aromatic rings. The highest BCUT2D eigenvalue weighted by atomic mass is 32.2. The van der Waals surface area contributed by atoms with Crippen molar-refractivity contribution in [1.82, 2.24) is 0 Å². The summed E-state index contributed by atoms with van der Waals surface area (Å²) in [6.07, 6.45) is -0.0183. The van der Waals surface area contributed by atoms with Gasteiger partial charge in [-0.05, 0) is 24.3 Å². The zero-order valence-corrected chi connectivity index (χ0v) is 15.9. The molecule has 0 radical (unpaired) electrons. The van der Waals surface area contributed by atoms with Crippen molar-refractivity contribution < 1.29 is 22.7 Å². The molecule has 0 heterocycles. The summed E-state index contributed by atoms with van der Waals surface area (Å²) in [5.41, 5.74) is 1.14. The largest absolute Gasteiger partial charge is 0.445 e.